The number of anilines is 1. The molecule has 4 nitrogen and oxygen atoms in total. The maximum Gasteiger partial charge on any atom is 0.138 e. The molecule has 2 saturated heterocycles. The Balaban J connectivity index is 1.75. The van der Waals surface area contributed by atoms with Gasteiger partial charge in [0.15, 0.2) is 0 Å². The molecule has 0 radical (unpaired) electrons. The Morgan fingerprint density at radius 3 is 2.84 bits per heavy atom. The average Bonchev–Trinajstić information content (AvgIpc) is 3.09. The molecule has 0 aliphatic carbocycles. The topological polar surface area (TPSA) is 45.4 Å². The summed E-state index contributed by atoms with van der Waals surface area (Å²) >= 11 is 5.12. The van der Waals surface area contributed by atoms with Crippen molar-refractivity contribution in [2.24, 2.45) is 5.73 Å². The molecule has 1 aromatic rings. The molecule has 3 heterocycles. The molecule has 102 valence electrons. The minimum atomic E-state index is 0.438. The number of nitrogens with two attached hydrogens (primary N) is 1. The summed E-state index contributed by atoms with van der Waals surface area (Å²) in [6, 6.07) is 4.53. The second-order valence-corrected chi connectivity index (χ2v) is 5.81. The van der Waals surface area contributed by atoms with Crippen LogP contribution in [0.4, 0.5) is 5.82 Å². The van der Waals surface area contributed by atoms with Gasteiger partial charge in [0.2, 0.25) is 0 Å². The SMILES string of the molecule is NC(=S)c1cccnc1N1CCC(N2CCCC2)C1. The van der Waals surface area contributed by atoms with Crippen LogP contribution in [0, 0.1) is 0 Å². The van der Waals surface area contributed by atoms with Crippen LogP contribution < -0.4 is 10.6 Å². The van der Waals surface area contributed by atoms with Gasteiger partial charge in [-0.15, -0.1) is 0 Å². The number of likely N-dealkylation sites (tertiary alicyclic amines) is 1. The number of hydrogen-bond donors (Lipinski definition) is 1. The minimum absolute atomic E-state index is 0.438. The summed E-state index contributed by atoms with van der Waals surface area (Å²) < 4.78 is 0. The van der Waals surface area contributed by atoms with E-state index in [2.05, 4.69) is 14.8 Å². The summed E-state index contributed by atoms with van der Waals surface area (Å²) in [4.78, 5) is 9.87. The number of pyridine rings is 1. The smallest absolute Gasteiger partial charge is 0.138 e. The van der Waals surface area contributed by atoms with Gasteiger partial charge < -0.3 is 10.6 Å². The highest BCUT2D eigenvalue weighted by Gasteiger charge is 2.30. The van der Waals surface area contributed by atoms with Crippen LogP contribution in [0.2, 0.25) is 0 Å². The molecule has 0 saturated carbocycles. The van der Waals surface area contributed by atoms with Crippen molar-refractivity contribution in [3.63, 3.8) is 0 Å². The fraction of sp³-hybridized carbons (Fsp3) is 0.571. The second-order valence-electron chi connectivity index (χ2n) is 5.37. The minimum Gasteiger partial charge on any atom is -0.389 e. The van der Waals surface area contributed by atoms with Crippen LogP contribution in [0.1, 0.15) is 24.8 Å². The first-order valence-corrected chi connectivity index (χ1v) is 7.40. The summed E-state index contributed by atoms with van der Waals surface area (Å²) in [5.41, 5.74) is 6.70. The fourth-order valence-electron chi connectivity index (χ4n) is 3.18. The largest absolute Gasteiger partial charge is 0.389 e. The van der Waals surface area contributed by atoms with Gasteiger partial charge in [-0.1, -0.05) is 12.2 Å². The van der Waals surface area contributed by atoms with Gasteiger partial charge in [-0.2, -0.15) is 0 Å². The van der Waals surface area contributed by atoms with E-state index < -0.39 is 0 Å². The number of aromatic nitrogens is 1. The molecular weight excluding hydrogens is 256 g/mol. The van der Waals surface area contributed by atoms with E-state index in [1.807, 2.05) is 18.3 Å². The lowest BCUT2D eigenvalue weighted by atomic mass is 10.2. The number of thiocarbonyl (C=S) groups is 1. The molecule has 2 aliphatic heterocycles. The van der Waals surface area contributed by atoms with Crippen LogP contribution in [0.15, 0.2) is 18.3 Å². The molecule has 0 amide bonds. The van der Waals surface area contributed by atoms with E-state index in [4.69, 9.17) is 18.0 Å². The molecule has 1 atom stereocenters. The van der Waals surface area contributed by atoms with E-state index in [1.165, 1.54) is 32.4 Å². The van der Waals surface area contributed by atoms with Gasteiger partial charge >= 0.3 is 0 Å². The molecule has 2 N–H and O–H groups in total. The molecule has 19 heavy (non-hydrogen) atoms. The number of hydrogen-bond acceptors (Lipinski definition) is 4. The lowest BCUT2D eigenvalue weighted by Crippen LogP contribution is -2.35. The zero-order valence-electron chi connectivity index (χ0n) is 11.1. The number of nitrogens with zero attached hydrogens (tertiary/aromatic N) is 3. The Morgan fingerprint density at radius 1 is 1.32 bits per heavy atom. The fourth-order valence-corrected chi connectivity index (χ4v) is 3.34. The van der Waals surface area contributed by atoms with Crippen molar-refractivity contribution < 1.29 is 0 Å². The van der Waals surface area contributed by atoms with Crippen LogP contribution in [-0.2, 0) is 0 Å². The molecule has 0 bridgehead atoms. The first-order chi connectivity index (χ1) is 9.25. The van der Waals surface area contributed by atoms with Crippen molar-refractivity contribution in [2.75, 3.05) is 31.1 Å². The van der Waals surface area contributed by atoms with Crippen LogP contribution >= 0.6 is 12.2 Å². The Kier molecular flexibility index (Phi) is 3.66. The lowest BCUT2D eigenvalue weighted by molar-refractivity contribution is 0.260. The van der Waals surface area contributed by atoms with Crippen molar-refractivity contribution in [3.8, 4) is 0 Å². The predicted octanol–water partition coefficient (Wildman–Crippen LogP) is 1.39. The summed E-state index contributed by atoms with van der Waals surface area (Å²) in [5.74, 6) is 0.955. The third kappa shape index (κ3) is 2.58. The van der Waals surface area contributed by atoms with E-state index in [-0.39, 0.29) is 0 Å². The normalized spacial score (nSPS) is 24.0. The maximum atomic E-state index is 5.79. The van der Waals surface area contributed by atoms with Gasteiger partial charge in [-0.3, -0.25) is 4.90 Å². The van der Waals surface area contributed by atoms with Crippen LogP contribution in [0.3, 0.4) is 0 Å². The standard InChI is InChI=1S/C14H20N4S/c15-13(19)12-4-3-6-16-14(12)18-9-5-11(10-18)17-7-1-2-8-17/h3-4,6,11H,1-2,5,7-10H2,(H2,15,19). The molecule has 1 unspecified atom stereocenters. The molecule has 0 spiro atoms. The van der Waals surface area contributed by atoms with Crippen molar-refractivity contribution in [1.29, 1.82) is 0 Å². The van der Waals surface area contributed by atoms with Gasteiger partial charge in [-0.25, -0.2) is 4.98 Å². The molecule has 0 aromatic carbocycles. The Labute approximate surface area is 119 Å². The van der Waals surface area contributed by atoms with Crippen molar-refractivity contribution >= 4 is 23.0 Å². The van der Waals surface area contributed by atoms with Gasteiger partial charge in [-0.05, 0) is 44.5 Å². The molecule has 1 aromatic heterocycles. The third-order valence-corrected chi connectivity index (χ3v) is 4.39. The summed E-state index contributed by atoms with van der Waals surface area (Å²) in [6.07, 6.45) is 5.73. The van der Waals surface area contributed by atoms with Gasteiger partial charge in [0, 0.05) is 25.3 Å². The van der Waals surface area contributed by atoms with E-state index >= 15 is 0 Å². The Morgan fingerprint density at radius 2 is 2.11 bits per heavy atom. The van der Waals surface area contributed by atoms with Crippen LogP contribution in [0.25, 0.3) is 0 Å². The quantitative estimate of drug-likeness (QED) is 0.845. The van der Waals surface area contributed by atoms with E-state index in [0.29, 0.717) is 11.0 Å². The number of rotatable bonds is 3. The monoisotopic (exact) mass is 276 g/mol. The van der Waals surface area contributed by atoms with E-state index in [9.17, 15) is 0 Å². The van der Waals surface area contributed by atoms with Crippen molar-refractivity contribution in [1.82, 2.24) is 9.88 Å². The van der Waals surface area contributed by atoms with E-state index in [1.54, 1.807) is 0 Å². The third-order valence-electron chi connectivity index (χ3n) is 4.17. The summed E-state index contributed by atoms with van der Waals surface area (Å²) in [5, 5.41) is 0. The predicted molar refractivity (Wildman–Crippen MR) is 81.5 cm³/mol. The van der Waals surface area contributed by atoms with Crippen LogP contribution in [0.5, 0.6) is 0 Å². The first-order valence-electron chi connectivity index (χ1n) is 6.99. The van der Waals surface area contributed by atoms with Crippen molar-refractivity contribution in [3.05, 3.63) is 23.9 Å². The summed E-state index contributed by atoms with van der Waals surface area (Å²) in [6.45, 7) is 4.60. The molecular formula is C14H20N4S. The van der Waals surface area contributed by atoms with Crippen LogP contribution in [-0.4, -0.2) is 47.1 Å². The Hall–Kier alpha value is -1.20. The first kappa shape index (κ1) is 12.8. The Bertz CT molecular complexity index is 470. The van der Waals surface area contributed by atoms with Gasteiger partial charge in [0.05, 0.1) is 5.56 Å². The maximum absolute atomic E-state index is 5.79. The molecule has 2 aliphatic rings. The highest BCUT2D eigenvalue weighted by atomic mass is 32.1. The van der Waals surface area contributed by atoms with E-state index in [0.717, 1.165) is 24.5 Å². The zero-order chi connectivity index (χ0) is 13.2. The zero-order valence-corrected chi connectivity index (χ0v) is 11.9. The highest BCUT2D eigenvalue weighted by Crippen LogP contribution is 2.26. The molecule has 2 fully saturated rings. The second kappa shape index (κ2) is 5.43. The lowest BCUT2D eigenvalue weighted by Gasteiger charge is -2.24. The van der Waals surface area contributed by atoms with Gasteiger partial charge in [0.25, 0.3) is 0 Å². The summed E-state index contributed by atoms with van der Waals surface area (Å²) in [7, 11) is 0. The highest BCUT2D eigenvalue weighted by molar-refractivity contribution is 7.80. The average molecular weight is 276 g/mol. The van der Waals surface area contributed by atoms with Crippen molar-refractivity contribution in [2.45, 2.75) is 25.3 Å². The molecule has 5 heteroatoms. The van der Waals surface area contributed by atoms with Gasteiger partial charge in [0.1, 0.15) is 10.8 Å². The molecule has 3 rings (SSSR count).